The van der Waals surface area contributed by atoms with Crippen molar-refractivity contribution in [2.45, 2.75) is 24.9 Å². The van der Waals surface area contributed by atoms with Crippen LogP contribution in [0.2, 0.25) is 5.02 Å². The van der Waals surface area contributed by atoms with Crippen molar-refractivity contribution in [3.8, 4) is 11.4 Å². The third-order valence-corrected chi connectivity index (χ3v) is 5.62. The molecule has 1 N–H and O–H groups in total. The molecule has 5 nitrogen and oxygen atoms in total. The molecule has 0 saturated carbocycles. The highest BCUT2D eigenvalue weighted by molar-refractivity contribution is 9.10. The molecule has 1 saturated heterocycles. The van der Waals surface area contributed by atoms with E-state index in [1.54, 1.807) is 0 Å². The number of halogens is 2. The largest absolute Gasteiger partial charge is 0.381 e. The van der Waals surface area contributed by atoms with Gasteiger partial charge < -0.3 is 9.26 Å². The Hall–Kier alpha value is -1.73. The van der Waals surface area contributed by atoms with E-state index in [2.05, 4.69) is 49.6 Å². The van der Waals surface area contributed by atoms with Gasteiger partial charge in [-0.25, -0.2) is 0 Å². The molecule has 0 radical (unpaired) electrons. The van der Waals surface area contributed by atoms with Gasteiger partial charge in [0.25, 0.3) is 0 Å². The summed E-state index contributed by atoms with van der Waals surface area (Å²) in [5.74, 6) is 1.12. The van der Waals surface area contributed by atoms with E-state index >= 15 is 0 Å². The SMILES string of the molecule is Clc1ccc(-c2noc(CNC3(c4cccc(Br)c4)CCOCC3)n2)cc1. The number of ether oxygens (including phenoxy) is 1. The van der Waals surface area contributed by atoms with Gasteiger partial charge in [0.2, 0.25) is 11.7 Å². The lowest BCUT2D eigenvalue weighted by Gasteiger charge is -2.38. The van der Waals surface area contributed by atoms with Gasteiger partial charge >= 0.3 is 0 Å². The van der Waals surface area contributed by atoms with Gasteiger partial charge in [-0.05, 0) is 54.8 Å². The quantitative estimate of drug-likeness (QED) is 0.598. The molecule has 27 heavy (non-hydrogen) atoms. The minimum absolute atomic E-state index is 0.170. The van der Waals surface area contributed by atoms with Crippen LogP contribution in [0.4, 0.5) is 0 Å². The van der Waals surface area contributed by atoms with Crippen LogP contribution < -0.4 is 5.32 Å². The molecule has 0 bridgehead atoms. The Bertz CT molecular complexity index is 908. The number of hydrogen-bond acceptors (Lipinski definition) is 5. The molecule has 0 amide bonds. The molecule has 1 aliphatic rings. The molecule has 4 rings (SSSR count). The van der Waals surface area contributed by atoms with Gasteiger partial charge in [0, 0.05) is 33.8 Å². The van der Waals surface area contributed by atoms with Gasteiger partial charge in [-0.2, -0.15) is 4.98 Å². The normalized spacial score (nSPS) is 16.4. The Balaban J connectivity index is 1.52. The predicted octanol–water partition coefficient (Wildman–Crippen LogP) is 4.95. The summed E-state index contributed by atoms with van der Waals surface area (Å²) in [5.41, 5.74) is 1.94. The van der Waals surface area contributed by atoms with Gasteiger partial charge in [0.15, 0.2) is 0 Å². The Morgan fingerprint density at radius 3 is 2.63 bits per heavy atom. The number of nitrogens with one attached hydrogen (secondary N) is 1. The molecule has 0 atom stereocenters. The second kappa shape index (κ2) is 8.10. The predicted molar refractivity (Wildman–Crippen MR) is 107 cm³/mol. The molecule has 1 aromatic heterocycles. The van der Waals surface area contributed by atoms with Crippen LogP contribution >= 0.6 is 27.5 Å². The summed E-state index contributed by atoms with van der Waals surface area (Å²) in [7, 11) is 0. The fourth-order valence-corrected chi connectivity index (χ4v) is 3.89. The smallest absolute Gasteiger partial charge is 0.240 e. The van der Waals surface area contributed by atoms with Gasteiger partial charge in [0.1, 0.15) is 0 Å². The van der Waals surface area contributed by atoms with Crippen molar-refractivity contribution in [1.29, 1.82) is 0 Å². The van der Waals surface area contributed by atoms with Gasteiger partial charge in [-0.15, -0.1) is 0 Å². The van der Waals surface area contributed by atoms with E-state index in [0.717, 1.165) is 36.1 Å². The Kier molecular flexibility index (Phi) is 5.59. The van der Waals surface area contributed by atoms with Gasteiger partial charge in [-0.1, -0.05) is 44.8 Å². The van der Waals surface area contributed by atoms with E-state index in [4.69, 9.17) is 20.9 Å². The van der Waals surface area contributed by atoms with E-state index < -0.39 is 0 Å². The van der Waals surface area contributed by atoms with Crippen molar-refractivity contribution >= 4 is 27.5 Å². The molecule has 1 fully saturated rings. The molecular weight excluding hydrogens is 430 g/mol. The highest BCUT2D eigenvalue weighted by atomic mass is 79.9. The summed E-state index contributed by atoms with van der Waals surface area (Å²) in [5, 5.41) is 8.42. The van der Waals surface area contributed by atoms with Crippen LogP contribution in [0.5, 0.6) is 0 Å². The monoisotopic (exact) mass is 447 g/mol. The van der Waals surface area contributed by atoms with Crippen molar-refractivity contribution in [3.63, 3.8) is 0 Å². The van der Waals surface area contributed by atoms with E-state index in [1.807, 2.05) is 30.3 Å². The maximum Gasteiger partial charge on any atom is 0.240 e. The Morgan fingerprint density at radius 2 is 1.89 bits per heavy atom. The first-order valence-electron chi connectivity index (χ1n) is 8.82. The zero-order chi connectivity index (χ0) is 18.7. The molecule has 0 unspecified atom stereocenters. The van der Waals surface area contributed by atoms with Crippen molar-refractivity contribution < 1.29 is 9.26 Å². The average molecular weight is 449 g/mol. The maximum atomic E-state index is 5.94. The lowest BCUT2D eigenvalue weighted by molar-refractivity contribution is 0.0346. The summed E-state index contributed by atoms with van der Waals surface area (Å²) < 4.78 is 12.1. The van der Waals surface area contributed by atoms with E-state index in [0.29, 0.717) is 23.3 Å². The minimum atomic E-state index is -0.170. The topological polar surface area (TPSA) is 60.2 Å². The first-order valence-corrected chi connectivity index (χ1v) is 9.99. The van der Waals surface area contributed by atoms with Crippen LogP contribution in [0.25, 0.3) is 11.4 Å². The molecule has 140 valence electrons. The lowest BCUT2D eigenvalue weighted by Crippen LogP contribution is -2.46. The van der Waals surface area contributed by atoms with Crippen molar-refractivity contribution in [1.82, 2.24) is 15.5 Å². The molecule has 3 aromatic rings. The standard InChI is InChI=1S/C20H19BrClN3O2/c21-16-3-1-2-15(12-16)20(8-10-26-11-9-20)23-13-18-24-19(25-27-18)14-4-6-17(22)7-5-14/h1-7,12,23H,8-11,13H2. The van der Waals surface area contributed by atoms with E-state index in [-0.39, 0.29) is 5.54 Å². The summed E-state index contributed by atoms with van der Waals surface area (Å²) in [4.78, 5) is 4.51. The minimum Gasteiger partial charge on any atom is -0.381 e. The van der Waals surface area contributed by atoms with Crippen molar-refractivity contribution in [3.05, 3.63) is 69.5 Å². The second-order valence-electron chi connectivity index (χ2n) is 6.58. The third-order valence-electron chi connectivity index (χ3n) is 4.87. The number of nitrogens with zero attached hydrogens (tertiary/aromatic N) is 2. The summed E-state index contributed by atoms with van der Waals surface area (Å²) >= 11 is 9.51. The van der Waals surface area contributed by atoms with Crippen molar-refractivity contribution in [2.24, 2.45) is 0 Å². The molecule has 1 aliphatic heterocycles. The van der Waals surface area contributed by atoms with Crippen LogP contribution in [-0.2, 0) is 16.8 Å². The van der Waals surface area contributed by atoms with Crippen LogP contribution in [0.1, 0.15) is 24.3 Å². The number of hydrogen-bond donors (Lipinski definition) is 1. The van der Waals surface area contributed by atoms with Crippen LogP contribution in [0.3, 0.4) is 0 Å². The zero-order valence-electron chi connectivity index (χ0n) is 14.6. The maximum absolute atomic E-state index is 5.94. The number of benzene rings is 2. The van der Waals surface area contributed by atoms with Crippen molar-refractivity contribution in [2.75, 3.05) is 13.2 Å². The molecule has 2 heterocycles. The first kappa shape index (κ1) is 18.6. The highest BCUT2D eigenvalue weighted by Crippen LogP contribution is 2.34. The second-order valence-corrected chi connectivity index (χ2v) is 7.93. The summed E-state index contributed by atoms with van der Waals surface area (Å²) in [6, 6.07) is 15.8. The first-order chi connectivity index (χ1) is 13.1. The molecule has 2 aromatic carbocycles. The van der Waals surface area contributed by atoms with Crippen LogP contribution in [0.15, 0.2) is 57.5 Å². The molecule has 0 spiro atoms. The van der Waals surface area contributed by atoms with E-state index in [1.165, 1.54) is 5.56 Å². The van der Waals surface area contributed by atoms with Crippen LogP contribution in [0, 0.1) is 0 Å². The van der Waals surface area contributed by atoms with Gasteiger partial charge in [-0.3, -0.25) is 5.32 Å². The summed E-state index contributed by atoms with van der Waals surface area (Å²) in [6.45, 7) is 1.94. The number of aromatic nitrogens is 2. The van der Waals surface area contributed by atoms with Gasteiger partial charge in [0.05, 0.1) is 6.54 Å². The summed E-state index contributed by atoms with van der Waals surface area (Å²) in [6.07, 6.45) is 1.78. The fourth-order valence-electron chi connectivity index (χ4n) is 3.36. The van der Waals surface area contributed by atoms with Crippen LogP contribution in [-0.4, -0.2) is 23.4 Å². The lowest BCUT2D eigenvalue weighted by atomic mass is 9.82. The molecular formula is C20H19BrClN3O2. The Labute approximate surface area is 171 Å². The number of rotatable bonds is 5. The Morgan fingerprint density at radius 1 is 1.11 bits per heavy atom. The molecule has 7 heteroatoms. The average Bonchev–Trinajstić information content (AvgIpc) is 3.17. The highest BCUT2D eigenvalue weighted by Gasteiger charge is 2.34. The van der Waals surface area contributed by atoms with E-state index in [9.17, 15) is 0 Å². The zero-order valence-corrected chi connectivity index (χ0v) is 17.0. The third kappa shape index (κ3) is 4.24. The fraction of sp³-hybridized carbons (Fsp3) is 0.300. The molecule has 0 aliphatic carbocycles.